The fourth-order valence-corrected chi connectivity index (χ4v) is 8.63. The van der Waals surface area contributed by atoms with Gasteiger partial charge in [0.05, 0.1) is 0 Å². The Labute approximate surface area is 198 Å². The Bertz CT molecular complexity index is 621. The number of piperidine rings is 2. The molecule has 32 heavy (non-hydrogen) atoms. The van der Waals surface area contributed by atoms with Crippen LogP contribution in [0.3, 0.4) is 0 Å². The fraction of sp³-hybridized carbons (Fsp3) is 0.963. The molecular weight excluding hydrogens is 391 g/mol. The summed E-state index contributed by atoms with van der Waals surface area (Å²) in [7, 11) is 6.46. The monoisotopic (exact) mass is 440 g/mol. The molecule has 0 amide bonds. The molecule has 0 radical (unpaired) electrons. The van der Waals surface area contributed by atoms with E-state index >= 15 is 0 Å². The first-order valence-corrected chi connectivity index (χ1v) is 14.2. The molecule has 5 atom stereocenters. The van der Waals surface area contributed by atoms with Crippen LogP contribution in [-0.2, 0) is 0 Å². The van der Waals surface area contributed by atoms with Gasteiger partial charge in [-0.15, -0.1) is 0 Å². The van der Waals surface area contributed by atoms with Crippen LogP contribution < -0.4 is 15.9 Å². The van der Waals surface area contributed by atoms with Gasteiger partial charge < -0.3 is 0 Å². The number of nitrogens with zero attached hydrogens (tertiary/aromatic N) is 1. The molecule has 0 aromatic heterocycles. The van der Waals surface area contributed by atoms with Crippen LogP contribution in [0.15, 0.2) is 0 Å². The standard InChI is InChI=1S/C27H49BN4/c1-28-31-27(16-7-17-27)21-12-10-20(11-13-21)26-22(19-8-5-4-6-9-19)18-24-23(30-26)14-15-25(29-24)32(2)3/h19-26,29-31H,1,4-18H2,2-3H3. The predicted octanol–water partition coefficient (Wildman–Crippen LogP) is 3.92. The Morgan fingerprint density at radius 2 is 1.56 bits per heavy atom. The van der Waals surface area contributed by atoms with Crippen LogP contribution in [0, 0.1) is 23.7 Å². The van der Waals surface area contributed by atoms with E-state index < -0.39 is 0 Å². The van der Waals surface area contributed by atoms with E-state index in [4.69, 9.17) is 0 Å². The minimum absolute atomic E-state index is 0.398. The topological polar surface area (TPSA) is 39.3 Å². The van der Waals surface area contributed by atoms with Crippen molar-refractivity contribution in [1.29, 1.82) is 0 Å². The van der Waals surface area contributed by atoms with Crippen molar-refractivity contribution in [2.75, 3.05) is 14.1 Å². The van der Waals surface area contributed by atoms with Crippen molar-refractivity contribution in [1.82, 2.24) is 20.8 Å². The van der Waals surface area contributed by atoms with Gasteiger partial charge in [0.15, 0.2) is 0 Å². The van der Waals surface area contributed by atoms with Crippen LogP contribution in [0.5, 0.6) is 0 Å². The Hall–Kier alpha value is -0.385. The van der Waals surface area contributed by atoms with Crippen LogP contribution in [0.2, 0.25) is 0 Å². The molecule has 2 aliphatic heterocycles. The quantitative estimate of drug-likeness (QED) is 0.548. The third-order valence-electron chi connectivity index (χ3n) is 10.6. The fourth-order valence-electron chi connectivity index (χ4n) is 8.63. The van der Waals surface area contributed by atoms with Crippen LogP contribution >= 0.6 is 0 Å². The molecule has 3 saturated carbocycles. The number of hydrogen-bond donors (Lipinski definition) is 3. The van der Waals surface area contributed by atoms with E-state index in [1.54, 1.807) is 0 Å². The second kappa shape index (κ2) is 10.1. The first kappa shape index (κ1) is 23.4. The number of fused-ring (bicyclic) bond motifs is 1. The Morgan fingerprint density at radius 1 is 0.812 bits per heavy atom. The van der Waals surface area contributed by atoms with Crippen LogP contribution in [0.25, 0.3) is 0 Å². The van der Waals surface area contributed by atoms with E-state index in [1.165, 1.54) is 96.3 Å². The van der Waals surface area contributed by atoms with E-state index in [0.717, 1.165) is 29.7 Å². The van der Waals surface area contributed by atoms with Crippen LogP contribution in [0.1, 0.15) is 96.3 Å². The van der Waals surface area contributed by atoms with Crippen molar-refractivity contribution in [3.05, 3.63) is 0 Å². The zero-order chi connectivity index (χ0) is 22.1. The molecule has 5 unspecified atom stereocenters. The summed E-state index contributed by atoms with van der Waals surface area (Å²) in [6.07, 6.45) is 21.9. The van der Waals surface area contributed by atoms with Crippen molar-refractivity contribution in [2.24, 2.45) is 23.7 Å². The summed E-state index contributed by atoms with van der Waals surface area (Å²) in [4.78, 5) is 2.40. The molecule has 0 spiro atoms. The molecular formula is C27H49BN4. The van der Waals surface area contributed by atoms with E-state index in [1.807, 2.05) is 7.06 Å². The summed E-state index contributed by atoms with van der Waals surface area (Å²) in [5, 5.41) is 12.1. The summed E-state index contributed by atoms with van der Waals surface area (Å²) >= 11 is 0. The third kappa shape index (κ3) is 4.60. The summed E-state index contributed by atoms with van der Waals surface area (Å²) < 4.78 is 0. The molecule has 2 saturated heterocycles. The normalized spacial score (nSPS) is 42.5. The minimum atomic E-state index is 0.398. The summed E-state index contributed by atoms with van der Waals surface area (Å²) in [6, 6.07) is 2.13. The maximum absolute atomic E-state index is 4.33. The van der Waals surface area contributed by atoms with Gasteiger partial charge in [-0.2, -0.15) is 0 Å². The van der Waals surface area contributed by atoms with Gasteiger partial charge in [-0.1, -0.05) is 0 Å². The zero-order valence-electron chi connectivity index (χ0n) is 21.0. The zero-order valence-corrected chi connectivity index (χ0v) is 21.0. The van der Waals surface area contributed by atoms with Crippen molar-refractivity contribution in [3.8, 4) is 0 Å². The molecule has 5 aliphatic rings. The molecule has 0 aromatic carbocycles. The van der Waals surface area contributed by atoms with E-state index in [2.05, 4.69) is 41.3 Å². The number of hydrogen-bond acceptors (Lipinski definition) is 4. The predicted molar refractivity (Wildman–Crippen MR) is 137 cm³/mol. The molecule has 5 fully saturated rings. The first-order chi connectivity index (χ1) is 15.6. The van der Waals surface area contributed by atoms with Gasteiger partial charge in [-0.3, -0.25) is 4.90 Å². The molecule has 0 bridgehead atoms. The van der Waals surface area contributed by atoms with E-state index in [-0.39, 0.29) is 0 Å². The van der Waals surface area contributed by atoms with Crippen molar-refractivity contribution >= 4 is 13.5 Å². The SMILES string of the molecule is C=BNC1(C2CCC(C3NC4CCC(N(C)C)NC4CC3C3CCCCC3)CC2)CCC1. The van der Waals surface area contributed by atoms with Gasteiger partial charge in [-0.05, 0) is 14.1 Å². The van der Waals surface area contributed by atoms with Crippen molar-refractivity contribution < 1.29 is 0 Å². The average Bonchev–Trinajstić information content (AvgIpc) is 2.81. The molecule has 4 nitrogen and oxygen atoms in total. The summed E-state index contributed by atoms with van der Waals surface area (Å²) in [5.41, 5.74) is 0.398. The van der Waals surface area contributed by atoms with Crippen LogP contribution in [-0.4, -0.2) is 62.4 Å². The van der Waals surface area contributed by atoms with E-state index in [9.17, 15) is 0 Å². The van der Waals surface area contributed by atoms with Crippen molar-refractivity contribution in [2.45, 2.75) is 126 Å². The number of nitrogens with one attached hydrogen (secondary N) is 3. The molecule has 5 heteroatoms. The molecule has 2 heterocycles. The summed E-state index contributed by atoms with van der Waals surface area (Å²) in [6.45, 7) is 4.00. The second-order valence-electron chi connectivity index (χ2n) is 12.4. The van der Waals surface area contributed by atoms with Gasteiger partial charge in [0, 0.05) is 0 Å². The van der Waals surface area contributed by atoms with Gasteiger partial charge in [0.1, 0.15) is 0 Å². The van der Waals surface area contributed by atoms with Crippen molar-refractivity contribution in [3.63, 3.8) is 0 Å². The maximum atomic E-state index is 4.33. The molecule has 0 aromatic rings. The molecule has 3 N–H and O–H groups in total. The van der Waals surface area contributed by atoms with E-state index in [0.29, 0.717) is 23.8 Å². The molecule has 5 rings (SSSR count). The first-order valence-electron chi connectivity index (χ1n) is 14.2. The third-order valence-corrected chi connectivity index (χ3v) is 10.6. The summed E-state index contributed by atoms with van der Waals surface area (Å²) in [5.74, 6) is 3.61. The molecule has 180 valence electrons. The Morgan fingerprint density at radius 3 is 2.19 bits per heavy atom. The van der Waals surface area contributed by atoms with Gasteiger partial charge in [-0.25, -0.2) is 0 Å². The Balaban J connectivity index is 1.27. The second-order valence-corrected chi connectivity index (χ2v) is 12.4. The number of rotatable bonds is 6. The Kier molecular flexibility index (Phi) is 7.36. The van der Waals surface area contributed by atoms with Gasteiger partial charge in [0.2, 0.25) is 0 Å². The average molecular weight is 441 g/mol. The van der Waals surface area contributed by atoms with Crippen LogP contribution in [0.4, 0.5) is 0 Å². The molecule has 3 aliphatic carbocycles. The van der Waals surface area contributed by atoms with Gasteiger partial charge >= 0.3 is 179 Å². The van der Waals surface area contributed by atoms with Gasteiger partial charge in [0.25, 0.3) is 0 Å².